The summed E-state index contributed by atoms with van der Waals surface area (Å²) in [6.07, 6.45) is 0.956. The Morgan fingerprint density at radius 1 is 0.810 bits per heavy atom. The quantitative estimate of drug-likeness (QED) is 0.740. The molecule has 0 N–H and O–H groups in total. The lowest BCUT2D eigenvalue weighted by Crippen LogP contribution is -2.22. The van der Waals surface area contributed by atoms with E-state index in [0.717, 1.165) is 40.7 Å². The van der Waals surface area contributed by atoms with E-state index in [2.05, 4.69) is 23.8 Å². The van der Waals surface area contributed by atoms with Crippen molar-refractivity contribution in [2.75, 3.05) is 0 Å². The van der Waals surface area contributed by atoms with Crippen LogP contribution in [-0.2, 0) is 0 Å². The predicted octanol–water partition coefficient (Wildman–Crippen LogP) is 3.70. The van der Waals surface area contributed by atoms with Crippen molar-refractivity contribution >= 4 is 0 Å². The molecule has 3 rings (SSSR count). The molecule has 0 saturated carbocycles. The minimum atomic E-state index is 0.0682. The molecular weight excluding hydrogens is 264 g/mol. The Labute approximate surface area is 125 Å². The number of hydrogen-bond donors (Lipinski definition) is 0. The Kier molecular flexibility index (Phi) is 3.53. The van der Waals surface area contributed by atoms with Gasteiger partial charge in [-0.05, 0) is 52.0 Å². The van der Waals surface area contributed by atoms with E-state index in [-0.39, 0.29) is 12.2 Å². The Morgan fingerprint density at radius 2 is 1.24 bits per heavy atom. The van der Waals surface area contributed by atoms with Gasteiger partial charge in [0.2, 0.25) is 0 Å². The van der Waals surface area contributed by atoms with E-state index in [0.29, 0.717) is 0 Å². The molecule has 4 heteroatoms. The van der Waals surface area contributed by atoms with Gasteiger partial charge in [-0.3, -0.25) is 0 Å². The second kappa shape index (κ2) is 5.35. The molecule has 2 atom stereocenters. The number of rotatable bonds is 0. The number of aromatic nitrogens is 2. The van der Waals surface area contributed by atoms with Crippen molar-refractivity contribution in [1.82, 2.24) is 9.97 Å². The van der Waals surface area contributed by atoms with Crippen LogP contribution >= 0.6 is 0 Å². The first-order chi connectivity index (χ1) is 10.0. The summed E-state index contributed by atoms with van der Waals surface area (Å²) in [5.41, 5.74) is 3.39. The van der Waals surface area contributed by atoms with Crippen LogP contribution in [0.15, 0.2) is 24.3 Å². The van der Waals surface area contributed by atoms with E-state index in [1.807, 2.05) is 38.1 Å². The maximum Gasteiger partial charge on any atom is 0.147 e. The van der Waals surface area contributed by atoms with E-state index in [1.165, 1.54) is 0 Å². The smallest absolute Gasteiger partial charge is 0.147 e. The average Bonchev–Trinajstić information content (AvgIpc) is 2.46. The Hall–Kier alpha value is -2.10. The summed E-state index contributed by atoms with van der Waals surface area (Å²) < 4.78 is 12.1. The van der Waals surface area contributed by atoms with Crippen LogP contribution in [0.1, 0.15) is 31.7 Å². The van der Waals surface area contributed by atoms with E-state index in [1.54, 1.807) is 0 Å². The summed E-state index contributed by atoms with van der Waals surface area (Å²) in [4.78, 5) is 9.26. The van der Waals surface area contributed by atoms with Crippen LogP contribution in [0.5, 0.6) is 11.5 Å². The van der Waals surface area contributed by atoms with Crippen molar-refractivity contribution in [3.05, 3.63) is 35.7 Å². The summed E-state index contributed by atoms with van der Waals surface area (Å²) in [5, 5.41) is 0. The summed E-state index contributed by atoms with van der Waals surface area (Å²) in [6, 6.07) is 7.86. The van der Waals surface area contributed by atoms with Gasteiger partial charge >= 0.3 is 0 Å². The maximum atomic E-state index is 6.06. The van der Waals surface area contributed by atoms with Crippen molar-refractivity contribution < 1.29 is 9.47 Å². The number of pyridine rings is 2. The number of nitrogens with zero attached hydrogens (tertiary/aromatic N) is 2. The third-order valence-corrected chi connectivity index (χ3v) is 3.54. The first kappa shape index (κ1) is 13.9. The molecule has 0 spiro atoms. The zero-order valence-corrected chi connectivity index (χ0v) is 12.9. The normalized spacial score (nSPS) is 21.0. The summed E-state index contributed by atoms with van der Waals surface area (Å²) in [5.74, 6) is 1.54. The second-order valence-electron chi connectivity index (χ2n) is 5.69. The van der Waals surface area contributed by atoms with Crippen LogP contribution in [0, 0.1) is 13.8 Å². The highest BCUT2D eigenvalue weighted by molar-refractivity contribution is 5.69. The predicted molar refractivity (Wildman–Crippen MR) is 81.7 cm³/mol. The van der Waals surface area contributed by atoms with Gasteiger partial charge in [0.1, 0.15) is 22.9 Å². The lowest BCUT2D eigenvalue weighted by molar-refractivity contribution is 0.134. The van der Waals surface area contributed by atoms with Crippen molar-refractivity contribution in [3.63, 3.8) is 0 Å². The van der Waals surface area contributed by atoms with E-state index in [4.69, 9.17) is 9.47 Å². The minimum Gasteiger partial charge on any atom is -0.488 e. The molecule has 0 aromatic carbocycles. The molecule has 0 amide bonds. The van der Waals surface area contributed by atoms with E-state index < -0.39 is 0 Å². The summed E-state index contributed by atoms with van der Waals surface area (Å²) in [7, 11) is 0. The molecule has 1 aliphatic heterocycles. The molecular formula is C17H20N2O2. The van der Waals surface area contributed by atoms with Gasteiger partial charge < -0.3 is 9.47 Å². The lowest BCUT2D eigenvalue weighted by atomic mass is 10.2. The highest BCUT2D eigenvalue weighted by Gasteiger charge is 2.22. The molecule has 21 heavy (non-hydrogen) atoms. The molecule has 0 fully saturated rings. The average molecular weight is 284 g/mol. The van der Waals surface area contributed by atoms with Gasteiger partial charge in [0.25, 0.3) is 0 Å². The fraction of sp³-hybridized carbons (Fsp3) is 0.412. The van der Waals surface area contributed by atoms with Crippen LogP contribution in [0.2, 0.25) is 0 Å². The molecule has 0 saturated heterocycles. The molecule has 110 valence electrons. The SMILES string of the molecule is Cc1ccc2c(n1)-c1nc(C)ccc1O[C@@H](C)C[C@@H](C)O2. The standard InChI is InChI=1S/C17H20N2O2/c1-10-5-7-14-16(18-10)17-15(8-6-11(2)19-17)21-13(4)9-12(3)20-14/h5-8,12-13H,9H2,1-4H3/t12-,13+. The molecule has 3 heterocycles. The maximum absolute atomic E-state index is 6.06. The molecule has 0 aliphatic carbocycles. The third-order valence-electron chi connectivity index (χ3n) is 3.54. The monoisotopic (exact) mass is 284 g/mol. The Balaban J connectivity index is 2.22. The highest BCUT2D eigenvalue weighted by Crippen LogP contribution is 2.36. The fourth-order valence-corrected chi connectivity index (χ4v) is 2.61. The van der Waals surface area contributed by atoms with Crippen LogP contribution in [0.3, 0.4) is 0 Å². The molecule has 4 nitrogen and oxygen atoms in total. The number of ether oxygens (including phenoxy) is 2. The van der Waals surface area contributed by atoms with Gasteiger partial charge in [0.05, 0.1) is 12.2 Å². The zero-order valence-electron chi connectivity index (χ0n) is 12.9. The van der Waals surface area contributed by atoms with E-state index >= 15 is 0 Å². The second-order valence-corrected chi connectivity index (χ2v) is 5.69. The van der Waals surface area contributed by atoms with Gasteiger partial charge in [0.15, 0.2) is 0 Å². The Bertz CT molecular complexity index is 612. The molecule has 2 aromatic rings. The molecule has 0 unspecified atom stereocenters. The first-order valence-corrected chi connectivity index (χ1v) is 7.32. The zero-order chi connectivity index (χ0) is 15.0. The molecule has 0 bridgehead atoms. The molecule has 2 aromatic heterocycles. The van der Waals surface area contributed by atoms with E-state index in [9.17, 15) is 0 Å². The number of fused-ring (bicyclic) bond motifs is 3. The lowest BCUT2D eigenvalue weighted by Gasteiger charge is -2.18. The number of aryl methyl sites for hydroxylation is 2. The highest BCUT2D eigenvalue weighted by atomic mass is 16.5. The fourth-order valence-electron chi connectivity index (χ4n) is 2.61. The van der Waals surface area contributed by atoms with Crippen LogP contribution in [0.25, 0.3) is 11.4 Å². The largest absolute Gasteiger partial charge is 0.488 e. The number of hydrogen-bond acceptors (Lipinski definition) is 4. The van der Waals surface area contributed by atoms with Gasteiger partial charge in [0, 0.05) is 17.8 Å². The van der Waals surface area contributed by atoms with Crippen molar-refractivity contribution in [2.24, 2.45) is 0 Å². The van der Waals surface area contributed by atoms with Crippen LogP contribution < -0.4 is 9.47 Å². The first-order valence-electron chi connectivity index (χ1n) is 7.32. The summed E-state index contributed by atoms with van der Waals surface area (Å²) in [6.45, 7) is 8.04. The van der Waals surface area contributed by atoms with Gasteiger partial charge in [-0.1, -0.05) is 0 Å². The summed E-state index contributed by atoms with van der Waals surface area (Å²) >= 11 is 0. The van der Waals surface area contributed by atoms with Crippen LogP contribution in [-0.4, -0.2) is 22.2 Å². The topological polar surface area (TPSA) is 44.2 Å². The van der Waals surface area contributed by atoms with Crippen LogP contribution in [0.4, 0.5) is 0 Å². The Morgan fingerprint density at radius 3 is 1.67 bits per heavy atom. The van der Waals surface area contributed by atoms with Gasteiger partial charge in [-0.2, -0.15) is 0 Å². The molecule has 1 aliphatic rings. The van der Waals surface area contributed by atoms with Gasteiger partial charge in [-0.15, -0.1) is 0 Å². The molecule has 0 radical (unpaired) electrons. The van der Waals surface area contributed by atoms with Crippen molar-refractivity contribution in [2.45, 2.75) is 46.3 Å². The third kappa shape index (κ3) is 2.84. The minimum absolute atomic E-state index is 0.0682. The van der Waals surface area contributed by atoms with Gasteiger partial charge in [-0.25, -0.2) is 9.97 Å². The van der Waals surface area contributed by atoms with Crippen molar-refractivity contribution in [3.8, 4) is 22.9 Å². The van der Waals surface area contributed by atoms with Crippen molar-refractivity contribution in [1.29, 1.82) is 0 Å².